The van der Waals surface area contributed by atoms with Crippen LogP contribution in [0.15, 0.2) is 97.1 Å². The number of para-hydroxylation sites is 1. The molecule has 45 heavy (non-hydrogen) atoms. The number of nitrogens with zero attached hydrogens (tertiary/aromatic N) is 3. The number of amides is 3. The molecule has 2 aliphatic heterocycles. The molecule has 8 nitrogen and oxygen atoms in total. The number of piperazine rings is 2. The van der Waals surface area contributed by atoms with Crippen LogP contribution in [0, 0.1) is 11.6 Å². The molecule has 3 N–H and O–H groups in total. The number of carbonyl (C=O) groups excluding carboxylic acids is 2. The smallest absolute Gasteiger partial charge is 0.323 e. The molecule has 6 rings (SSSR count). The molecule has 2 fully saturated rings. The summed E-state index contributed by atoms with van der Waals surface area (Å²) >= 11 is 0. The van der Waals surface area contributed by atoms with Gasteiger partial charge in [0.2, 0.25) is 0 Å². The van der Waals surface area contributed by atoms with E-state index in [-0.39, 0.29) is 23.6 Å². The summed E-state index contributed by atoms with van der Waals surface area (Å²) in [6.45, 7) is 5.35. The summed E-state index contributed by atoms with van der Waals surface area (Å²) < 4.78 is 27.6. The Bertz CT molecular complexity index is 1560. The number of hydrogen-bond acceptors (Lipinski definition) is 5. The summed E-state index contributed by atoms with van der Waals surface area (Å²) in [6, 6.07) is 27.0. The van der Waals surface area contributed by atoms with E-state index < -0.39 is 6.03 Å². The van der Waals surface area contributed by atoms with E-state index in [2.05, 4.69) is 25.8 Å². The first-order valence-electron chi connectivity index (χ1n) is 15.2. The van der Waals surface area contributed by atoms with Crippen LogP contribution in [-0.2, 0) is 0 Å². The van der Waals surface area contributed by atoms with E-state index in [0.29, 0.717) is 56.2 Å². The zero-order valence-corrected chi connectivity index (χ0v) is 24.9. The number of halogens is 2. The van der Waals surface area contributed by atoms with E-state index in [0.717, 1.165) is 29.9 Å². The van der Waals surface area contributed by atoms with Crippen LogP contribution in [0.1, 0.15) is 27.5 Å². The van der Waals surface area contributed by atoms with Crippen molar-refractivity contribution in [3.63, 3.8) is 0 Å². The molecule has 3 amide bonds. The highest BCUT2D eigenvalue weighted by molar-refractivity contribution is 6.04. The van der Waals surface area contributed by atoms with Crippen LogP contribution < -0.4 is 20.9 Å². The van der Waals surface area contributed by atoms with Crippen molar-refractivity contribution in [2.24, 2.45) is 0 Å². The maximum Gasteiger partial charge on any atom is 0.323 e. The molecule has 0 bridgehead atoms. The number of urea groups is 1. The van der Waals surface area contributed by atoms with Crippen molar-refractivity contribution in [1.29, 1.82) is 0 Å². The van der Waals surface area contributed by atoms with Gasteiger partial charge >= 0.3 is 6.03 Å². The summed E-state index contributed by atoms with van der Waals surface area (Å²) in [7, 11) is 0. The first-order chi connectivity index (χ1) is 21.9. The Morgan fingerprint density at radius 3 is 1.89 bits per heavy atom. The van der Waals surface area contributed by atoms with Crippen molar-refractivity contribution in [3.8, 4) is 0 Å². The molecule has 0 aliphatic carbocycles. The molecular formula is C35H36F2N6O2. The Balaban J connectivity index is 1.24. The minimum Gasteiger partial charge on any atom is -0.367 e. The van der Waals surface area contributed by atoms with Gasteiger partial charge < -0.3 is 25.8 Å². The van der Waals surface area contributed by atoms with Crippen molar-refractivity contribution in [2.75, 3.05) is 67.9 Å². The molecule has 0 aromatic heterocycles. The van der Waals surface area contributed by atoms with Gasteiger partial charge in [0, 0.05) is 63.6 Å². The van der Waals surface area contributed by atoms with Crippen molar-refractivity contribution < 1.29 is 18.4 Å². The Labute approximate surface area is 261 Å². The summed E-state index contributed by atoms with van der Waals surface area (Å²) in [4.78, 5) is 32.8. The fraction of sp³-hybridized carbons (Fsp3) is 0.257. The van der Waals surface area contributed by atoms with Gasteiger partial charge in [0.05, 0.1) is 17.4 Å². The minimum atomic E-state index is -0.402. The van der Waals surface area contributed by atoms with Gasteiger partial charge in [-0.15, -0.1) is 0 Å². The fourth-order valence-corrected chi connectivity index (χ4v) is 6.03. The first kappa shape index (κ1) is 30.2. The van der Waals surface area contributed by atoms with Crippen LogP contribution >= 0.6 is 0 Å². The van der Waals surface area contributed by atoms with Gasteiger partial charge in [0.15, 0.2) is 0 Å². The first-order valence-corrected chi connectivity index (χ1v) is 15.2. The second kappa shape index (κ2) is 13.9. The zero-order chi connectivity index (χ0) is 31.2. The van der Waals surface area contributed by atoms with E-state index >= 15 is 0 Å². The van der Waals surface area contributed by atoms with E-state index in [1.165, 1.54) is 24.3 Å². The van der Waals surface area contributed by atoms with Gasteiger partial charge in [-0.25, -0.2) is 13.6 Å². The Kier molecular flexibility index (Phi) is 9.33. The average Bonchev–Trinajstić information content (AvgIpc) is 3.07. The summed E-state index contributed by atoms with van der Waals surface area (Å²) in [5, 5.41) is 9.12. The second-order valence-corrected chi connectivity index (χ2v) is 11.2. The van der Waals surface area contributed by atoms with Crippen molar-refractivity contribution in [2.45, 2.75) is 6.04 Å². The third-order valence-corrected chi connectivity index (χ3v) is 8.32. The number of anilines is 3. The van der Waals surface area contributed by atoms with Gasteiger partial charge in [-0.3, -0.25) is 9.69 Å². The van der Waals surface area contributed by atoms with Crippen molar-refractivity contribution in [1.82, 2.24) is 15.1 Å². The predicted molar refractivity (Wildman–Crippen MR) is 173 cm³/mol. The number of benzene rings is 4. The molecule has 0 unspecified atom stereocenters. The number of carbonyl (C=O) groups is 2. The maximum absolute atomic E-state index is 13.8. The average molecular weight is 611 g/mol. The Morgan fingerprint density at radius 2 is 1.29 bits per heavy atom. The summed E-state index contributed by atoms with van der Waals surface area (Å²) in [6.07, 6.45) is 0. The normalized spacial score (nSPS) is 15.6. The molecule has 0 spiro atoms. The Morgan fingerprint density at radius 1 is 0.689 bits per heavy atom. The highest BCUT2D eigenvalue weighted by atomic mass is 19.1. The molecule has 2 heterocycles. The highest BCUT2D eigenvalue weighted by Gasteiger charge is 2.28. The predicted octanol–water partition coefficient (Wildman–Crippen LogP) is 5.57. The van der Waals surface area contributed by atoms with Crippen LogP contribution in [-0.4, -0.2) is 74.1 Å². The SMILES string of the molecule is O=C(Nc1ccccc1)Nc1cc(C(=O)N2CCNCC2)ccc1N1CCN(C(c2ccc(F)cc2)c2ccc(F)cc2)CC1. The molecule has 0 atom stereocenters. The second-order valence-electron chi connectivity index (χ2n) is 11.2. The minimum absolute atomic E-state index is 0.0687. The molecule has 232 valence electrons. The van der Waals surface area contributed by atoms with E-state index in [9.17, 15) is 18.4 Å². The standard InChI is InChI=1S/C35H36F2N6O2/c36-28-11-6-25(7-12-28)33(26-8-13-29(37)14-9-26)42-22-20-41(21-23-42)32-15-10-27(34(44)43-18-16-38-17-19-43)24-31(32)40-35(45)39-30-4-2-1-3-5-30/h1-15,24,33,38H,16-23H2,(H2,39,40,45). The lowest BCUT2D eigenvalue weighted by atomic mass is 9.96. The van der Waals surface area contributed by atoms with Gasteiger partial charge in [-0.05, 0) is 65.7 Å². The number of nitrogens with one attached hydrogen (secondary N) is 3. The fourth-order valence-electron chi connectivity index (χ4n) is 6.03. The molecule has 0 saturated carbocycles. The third kappa shape index (κ3) is 7.30. The molecule has 2 aliphatic rings. The monoisotopic (exact) mass is 610 g/mol. The Hall–Kier alpha value is -4.80. The van der Waals surface area contributed by atoms with Crippen LogP contribution in [0.2, 0.25) is 0 Å². The largest absolute Gasteiger partial charge is 0.367 e. The number of rotatable bonds is 7. The molecular weight excluding hydrogens is 574 g/mol. The highest BCUT2D eigenvalue weighted by Crippen LogP contribution is 2.33. The molecule has 4 aromatic rings. The maximum atomic E-state index is 13.8. The van der Waals surface area contributed by atoms with E-state index in [1.807, 2.05) is 47.4 Å². The van der Waals surface area contributed by atoms with Crippen molar-refractivity contribution >= 4 is 29.0 Å². The van der Waals surface area contributed by atoms with Crippen LogP contribution in [0.25, 0.3) is 0 Å². The lowest BCUT2D eigenvalue weighted by molar-refractivity contribution is 0.0736. The molecule has 10 heteroatoms. The van der Waals surface area contributed by atoms with Crippen molar-refractivity contribution in [3.05, 3.63) is 125 Å². The summed E-state index contributed by atoms with van der Waals surface area (Å²) in [5.41, 5.74) is 4.38. The lowest BCUT2D eigenvalue weighted by Crippen LogP contribution is -2.48. The van der Waals surface area contributed by atoms with E-state index in [1.54, 1.807) is 30.3 Å². The summed E-state index contributed by atoms with van der Waals surface area (Å²) in [5.74, 6) is -0.686. The topological polar surface area (TPSA) is 79.9 Å². The van der Waals surface area contributed by atoms with Crippen LogP contribution in [0.5, 0.6) is 0 Å². The van der Waals surface area contributed by atoms with Crippen LogP contribution in [0.4, 0.5) is 30.6 Å². The lowest BCUT2D eigenvalue weighted by Gasteiger charge is -2.41. The van der Waals surface area contributed by atoms with Gasteiger partial charge in [-0.1, -0.05) is 42.5 Å². The quantitative estimate of drug-likeness (QED) is 0.255. The van der Waals surface area contributed by atoms with E-state index in [4.69, 9.17) is 0 Å². The number of hydrogen-bond donors (Lipinski definition) is 3. The molecule has 4 aromatic carbocycles. The van der Waals surface area contributed by atoms with Gasteiger partial charge in [-0.2, -0.15) is 0 Å². The zero-order valence-electron chi connectivity index (χ0n) is 24.9. The molecule has 0 radical (unpaired) electrons. The van der Waals surface area contributed by atoms with Gasteiger partial charge in [0.25, 0.3) is 5.91 Å². The third-order valence-electron chi connectivity index (χ3n) is 8.32. The molecule has 2 saturated heterocycles. The van der Waals surface area contributed by atoms with Crippen LogP contribution in [0.3, 0.4) is 0 Å². The van der Waals surface area contributed by atoms with Gasteiger partial charge in [0.1, 0.15) is 11.6 Å².